The van der Waals surface area contributed by atoms with E-state index in [1.54, 1.807) is 43.3 Å². The first-order valence-corrected chi connectivity index (χ1v) is 8.48. The Morgan fingerprint density at radius 1 is 1.39 bits per heavy atom. The van der Waals surface area contributed by atoms with Crippen molar-refractivity contribution in [2.75, 3.05) is 14.1 Å². The van der Waals surface area contributed by atoms with Crippen molar-refractivity contribution in [3.8, 4) is 10.8 Å². The second kappa shape index (κ2) is 7.84. The maximum absolute atomic E-state index is 12.1. The second-order valence-corrected chi connectivity index (χ2v) is 7.14. The topological polar surface area (TPSA) is 85.0 Å². The average molecular weight is 353 g/mol. The van der Waals surface area contributed by atoms with Crippen LogP contribution in [-0.4, -0.2) is 34.5 Å². The summed E-state index contributed by atoms with van der Waals surface area (Å²) < 4.78 is 22.1. The van der Waals surface area contributed by atoms with E-state index in [1.165, 1.54) is 12.4 Å². The third-order valence-electron chi connectivity index (χ3n) is 2.55. The highest BCUT2D eigenvalue weighted by atomic mass is 32.2. The molecule has 0 aliphatic carbocycles. The van der Waals surface area contributed by atoms with Crippen LogP contribution in [0.25, 0.3) is 0 Å². The van der Waals surface area contributed by atoms with Crippen LogP contribution in [0.4, 0.5) is 0 Å². The molecule has 0 saturated carbocycles. The number of hydrogen-bond acceptors (Lipinski definition) is 5. The summed E-state index contributed by atoms with van der Waals surface area (Å²) in [5, 5.41) is 11.2. The number of nitro groups is 1. The van der Waals surface area contributed by atoms with Crippen LogP contribution in [-0.2, 0) is 17.5 Å². The van der Waals surface area contributed by atoms with Crippen molar-refractivity contribution in [2.24, 2.45) is 4.40 Å². The molecule has 0 bridgehead atoms. The minimum absolute atomic E-state index is 0.358. The fourth-order valence-corrected chi connectivity index (χ4v) is 3.63. The van der Waals surface area contributed by atoms with Gasteiger partial charge in [0.1, 0.15) is 16.3 Å². The Hall–Kier alpha value is -2.26. The first kappa shape index (κ1) is 17.1. The summed E-state index contributed by atoms with van der Waals surface area (Å²) in [6.45, 7) is -0.396. The van der Waals surface area contributed by atoms with Gasteiger partial charge in [0.15, 0.2) is 16.0 Å². The van der Waals surface area contributed by atoms with E-state index in [0.717, 1.165) is 11.3 Å². The maximum Gasteiger partial charge on any atom is 0.233 e. The lowest BCUT2D eigenvalue weighted by molar-refractivity contribution is -0.496. The number of para-hydroxylation sites is 1. The van der Waals surface area contributed by atoms with E-state index < -0.39 is 22.5 Å². The quantitative estimate of drug-likeness (QED) is 0.331. The minimum atomic E-state index is -1.62. The normalized spacial score (nSPS) is 12.3. The molecular formula is C14H15N3O4S2. The fraction of sp³-hybridized carbons (Fsp3) is 0.214. The third-order valence-corrected chi connectivity index (χ3v) is 4.82. The number of ether oxygens (including phenoxy) is 1. The predicted molar refractivity (Wildman–Crippen MR) is 90.1 cm³/mol. The van der Waals surface area contributed by atoms with Gasteiger partial charge in [0.25, 0.3) is 0 Å². The number of rotatable bonds is 7. The molecule has 0 saturated heterocycles. The van der Waals surface area contributed by atoms with E-state index in [0.29, 0.717) is 20.6 Å². The molecule has 2 aromatic rings. The molecule has 1 aromatic heterocycles. The lowest BCUT2D eigenvalue weighted by Crippen LogP contribution is -2.08. The monoisotopic (exact) mass is 353 g/mol. The van der Waals surface area contributed by atoms with E-state index in [2.05, 4.69) is 4.40 Å². The number of nitrogens with zero attached hydrogens (tertiary/aromatic N) is 3. The SMILES string of the molecule is CN(C)/C=N/S(=O)c1cc(C[N+](=O)[O-])c(Oc2ccccc2)s1. The zero-order valence-electron chi connectivity index (χ0n) is 12.5. The molecule has 122 valence electrons. The van der Waals surface area contributed by atoms with Gasteiger partial charge in [-0.2, -0.15) is 4.40 Å². The van der Waals surface area contributed by atoms with Crippen LogP contribution < -0.4 is 4.74 Å². The van der Waals surface area contributed by atoms with Gasteiger partial charge in [0.2, 0.25) is 6.54 Å². The van der Waals surface area contributed by atoms with Gasteiger partial charge in [-0.05, 0) is 18.2 Å². The molecule has 0 aliphatic heterocycles. The standard InChI is InChI=1S/C14H15N3O4S2/c1-16(2)10-15-23(20)13-8-11(9-17(18)19)14(22-13)21-12-6-4-3-5-7-12/h3-8,10H,9H2,1-2H3/b15-10+. The molecule has 9 heteroatoms. The van der Waals surface area contributed by atoms with Crippen molar-refractivity contribution >= 4 is 28.7 Å². The summed E-state index contributed by atoms with van der Waals surface area (Å²) >= 11 is 1.10. The van der Waals surface area contributed by atoms with E-state index >= 15 is 0 Å². The van der Waals surface area contributed by atoms with Crippen molar-refractivity contribution < 1.29 is 13.9 Å². The first-order valence-electron chi connectivity index (χ1n) is 6.55. The van der Waals surface area contributed by atoms with Crippen LogP contribution in [0.3, 0.4) is 0 Å². The zero-order chi connectivity index (χ0) is 16.8. The van der Waals surface area contributed by atoms with Crippen LogP contribution in [0.2, 0.25) is 0 Å². The maximum atomic E-state index is 12.1. The average Bonchev–Trinajstić information content (AvgIpc) is 2.88. The lowest BCUT2D eigenvalue weighted by Gasteiger charge is -2.03. The van der Waals surface area contributed by atoms with Gasteiger partial charge in [-0.15, -0.1) is 0 Å². The van der Waals surface area contributed by atoms with Crippen LogP contribution in [0, 0.1) is 10.1 Å². The highest BCUT2D eigenvalue weighted by molar-refractivity contribution is 7.86. The van der Waals surface area contributed by atoms with Crippen molar-refractivity contribution in [1.29, 1.82) is 0 Å². The van der Waals surface area contributed by atoms with Gasteiger partial charge in [0.05, 0.1) is 5.56 Å². The molecule has 7 nitrogen and oxygen atoms in total. The first-order chi connectivity index (χ1) is 11.0. The highest BCUT2D eigenvalue weighted by Crippen LogP contribution is 2.36. The van der Waals surface area contributed by atoms with Gasteiger partial charge >= 0.3 is 0 Å². The Balaban J connectivity index is 2.28. The fourth-order valence-electron chi connectivity index (χ4n) is 1.59. The zero-order valence-corrected chi connectivity index (χ0v) is 14.2. The lowest BCUT2D eigenvalue weighted by atomic mass is 10.3. The molecule has 0 aliphatic rings. The molecule has 1 aromatic carbocycles. The summed E-state index contributed by atoms with van der Waals surface area (Å²) in [7, 11) is 1.90. The molecule has 23 heavy (non-hydrogen) atoms. The molecule has 0 amide bonds. The highest BCUT2D eigenvalue weighted by Gasteiger charge is 2.19. The molecule has 0 fully saturated rings. The Morgan fingerprint density at radius 2 is 2.09 bits per heavy atom. The van der Waals surface area contributed by atoms with Gasteiger partial charge in [-0.3, -0.25) is 10.1 Å². The Labute approximate surface area is 140 Å². The minimum Gasteiger partial charge on any atom is -0.446 e. The van der Waals surface area contributed by atoms with Crippen LogP contribution in [0.15, 0.2) is 45.0 Å². The van der Waals surface area contributed by atoms with E-state index in [1.807, 2.05) is 6.07 Å². The second-order valence-electron chi connectivity index (χ2n) is 4.72. The molecule has 1 unspecified atom stereocenters. The smallest absolute Gasteiger partial charge is 0.233 e. The summed E-state index contributed by atoms with van der Waals surface area (Å²) in [6.07, 6.45) is 1.43. The Morgan fingerprint density at radius 3 is 2.70 bits per heavy atom. The number of hydrogen-bond donors (Lipinski definition) is 0. The summed E-state index contributed by atoms with van der Waals surface area (Å²) in [4.78, 5) is 12.0. The van der Waals surface area contributed by atoms with Crippen molar-refractivity contribution in [3.63, 3.8) is 0 Å². The molecule has 1 atom stereocenters. The van der Waals surface area contributed by atoms with Gasteiger partial charge in [-0.1, -0.05) is 29.5 Å². The van der Waals surface area contributed by atoms with Crippen LogP contribution in [0.1, 0.15) is 5.56 Å². The molecule has 0 N–H and O–H groups in total. The van der Waals surface area contributed by atoms with E-state index in [9.17, 15) is 14.3 Å². The van der Waals surface area contributed by atoms with Gasteiger partial charge < -0.3 is 9.64 Å². The molecule has 1 heterocycles. The van der Waals surface area contributed by atoms with Crippen molar-refractivity contribution in [2.45, 2.75) is 10.8 Å². The van der Waals surface area contributed by atoms with Gasteiger partial charge in [0, 0.05) is 19.0 Å². The molecular weight excluding hydrogens is 338 g/mol. The van der Waals surface area contributed by atoms with Gasteiger partial charge in [-0.25, -0.2) is 4.21 Å². The van der Waals surface area contributed by atoms with Crippen molar-refractivity contribution in [1.82, 2.24) is 4.90 Å². The Bertz CT molecular complexity index is 729. The van der Waals surface area contributed by atoms with E-state index in [-0.39, 0.29) is 0 Å². The molecule has 0 spiro atoms. The largest absolute Gasteiger partial charge is 0.446 e. The van der Waals surface area contributed by atoms with Crippen LogP contribution >= 0.6 is 11.3 Å². The van der Waals surface area contributed by atoms with Crippen molar-refractivity contribution in [3.05, 3.63) is 52.1 Å². The molecule has 2 rings (SSSR count). The summed E-state index contributed by atoms with van der Waals surface area (Å²) in [6, 6.07) is 10.4. The predicted octanol–water partition coefficient (Wildman–Crippen LogP) is 2.93. The molecule has 0 radical (unpaired) electrons. The summed E-state index contributed by atoms with van der Waals surface area (Å²) in [5.41, 5.74) is 0.382. The summed E-state index contributed by atoms with van der Waals surface area (Å²) in [5.74, 6) is 0.563. The number of thiophene rings is 1. The third kappa shape index (κ3) is 5.15. The van der Waals surface area contributed by atoms with E-state index in [4.69, 9.17) is 4.74 Å². The number of benzene rings is 1. The van der Waals surface area contributed by atoms with Crippen LogP contribution in [0.5, 0.6) is 10.8 Å². The Kier molecular flexibility index (Phi) is 5.83.